The third-order valence-corrected chi connectivity index (χ3v) is 1.95. The molecule has 1 aliphatic carbocycles. The molecule has 0 unspecified atom stereocenters. The van der Waals surface area contributed by atoms with E-state index in [0.717, 1.165) is 0 Å². The molecule has 3 N–H and O–H groups in total. The predicted molar refractivity (Wildman–Crippen MR) is 49.0 cm³/mol. The van der Waals surface area contributed by atoms with Crippen molar-refractivity contribution in [3.8, 4) is 0 Å². The largest absolute Gasteiger partial charge is 0.271 e. The Balaban J connectivity index is 0. The van der Waals surface area contributed by atoms with Gasteiger partial charge in [0.25, 0.3) is 0 Å². The molecule has 0 heterocycles. The maximum atomic E-state index is 12.4. The van der Waals surface area contributed by atoms with E-state index in [1.807, 2.05) is 0 Å². The van der Waals surface area contributed by atoms with E-state index in [4.69, 9.17) is 5.84 Å². The molecule has 0 atom stereocenters. The van der Waals surface area contributed by atoms with Crippen LogP contribution in [-0.4, -0.2) is 12.0 Å². The molecule has 0 radical (unpaired) electrons. The first kappa shape index (κ1) is 14.9. The summed E-state index contributed by atoms with van der Waals surface area (Å²) >= 11 is 0. The number of nitrogens with two attached hydrogens (primary N) is 1. The van der Waals surface area contributed by atoms with Gasteiger partial charge in [-0.3, -0.25) is 11.3 Å². The lowest BCUT2D eigenvalue weighted by Crippen LogP contribution is -2.40. The van der Waals surface area contributed by atoms with Gasteiger partial charge >= 0.3 is 0 Å². The Kier molecular flexibility index (Phi) is 7.32. The standard InChI is InChI=1S/C6H12F2N2.2ClH/c7-6(8)3-1-5(10-9)2-4-6;;/h5,10H,1-4,9H2;2*1H. The van der Waals surface area contributed by atoms with Crippen LogP contribution < -0.4 is 11.3 Å². The summed E-state index contributed by atoms with van der Waals surface area (Å²) in [6.45, 7) is 0. The summed E-state index contributed by atoms with van der Waals surface area (Å²) in [5.74, 6) is 2.66. The smallest absolute Gasteiger partial charge is 0.248 e. The molecule has 0 amide bonds. The van der Waals surface area contributed by atoms with E-state index in [1.54, 1.807) is 0 Å². The topological polar surface area (TPSA) is 38.0 Å². The number of hydrogen-bond acceptors (Lipinski definition) is 2. The lowest BCUT2D eigenvalue weighted by molar-refractivity contribution is -0.0403. The van der Waals surface area contributed by atoms with Crippen molar-refractivity contribution in [1.82, 2.24) is 5.43 Å². The minimum absolute atomic E-state index is 0. The second-order valence-electron chi connectivity index (χ2n) is 2.80. The van der Waals surface area contributed by atoms with Gasteiger partial charge in [-0.05, 0) is 12.8 Å². The Labute approximate surface area is 83.1 Å². The third-order valence-electron chi connectivity index (χ3n) is 1.95. The highest BCUT2D eigenvalue weighted by atomic mass is 35.5. The van der Waals surface area contributed by atoms with Crippen molar-refractivity contribution < 1.29 is 8.78 Å². The molecule has 12 heavy (non-hydrogen) atoms. The minimum Gasteiger partial charge on any atom is -0.271 e. The molecular formula is C6H14Cl2F2N2. The van der Waals surface area contributed by atoms with E-state index in [0.29, 0.717) is 12.8 Å². The van der Waals surface area contributed by atoms with Crippen molar-refractivity contribution in [2.24, 2.45) is 5.84 Å². The zero-order valence-electron chi connectivity index (χ0n) is 6.56. The van der Waals surface area contributed by atoms with Gasteiger partial charge in [0.15, 0.2) is 0 Å². The fourth-order valence-electron chi connectivity index (χ4n) is 1.21. The van der Waals surface area contributed by atoms with Gasteiger partial charge in [-0.15, -0.1) is 24.8 Å². The lowest BCUT2D eigenvalue weighted by Gasteiger charge is -2.27. The Morgan fingerprint density at radius 1 is 1.17 bits per heavy atom. The van der Waals surface area contributed by atoms with Crippen LogP contribution in [0.1, 0.15) is 25.7 Å². The van der Waals surface area contributed by atoms with Crippen LogP contribution in [-0.2, 0) is 0 Å². The van der Waals surface area contributed by atoms with Crippen LogP contribution in [0.5, 0.6) is 0 Å². The van der Waals surface area contributed by atoms with Gasteiger partial charge in [0.1, 0.15) is 0 Å². The van der Waals surface area contributed by atoms with Crippen LogP contribution in [0.15, 0.2) is 0 Å². The summed E-state index contributed by atoms with van der Waals surface area (Å²) in [7, 11) is 0. The maximum Gasteiger partial charge on any atom is 0.248 e. The molecule has 2 nitrogen and oxygen atoms in total. The normalized spacial score (nSPS) is 22.2. The number of hydrogen-bond donors (Lipinski definition) is 2. The molecule has 1 fully saturated rings. The van der Waals surface area contributed by atoms with Crippen molar-refractivity contribution in [2.75, 3.05) is 0 Å². The van der Waals surface area contributed by atoms with Gasteiger partial charge in [0.2, 0.25) is 5.92 Å². The molecular weight excluding hydrogens is 209 g/mol. The fourth-order valence-corrected chi connectivity index (χ4v) is 1.21. The molecule has 0 aromatic heterocycles. The first-order valence-electron chi connectivity index (χ1n) is 3.48. The first-order chi connectivity index (χ1) is 4.64. The molecule has 0 aromatic rings. The Bertz CT molecular complexity index is 114. The van der Waals surface area contributed by atoms with Crippen molar-refractivity contribution >= 4 is 24.8 Å². The summed E-state index contributed by atoms with van der Waals surface area (Å²) in [5, 5.41) is 0. The van der Waals surface area contributed by atoms with Crippen LogP contribution >= 0.6 is 24.8 Å². The summed E-state index contributed by atoms with van der Waals surface area (Å²) < 4.78 is 24.9. The molecule has 1 rings (SSSR count). The summed E-state index contributed by atoms with van der Waals surface area (Å²) in [5.41, 5.74) is 2.51. The SMILES string of the molecule is Cl.Cl.NNC1CCC(F)(F)CC1. The first-order valence-corrected chi connectivity index (χ1v) is 3.48. The van der Waals surface area contributed by atoms with Crippen molar-refractivity contribution in [3.63, 3.8) is 0 Å². The van der Waals surface area contributed by atoms with Gasteiger partial charge in [-0.25, -0.2) is 8.78 Å². The lowest BCUT2D eigenvalue weighted by atomic mass is 9.93. The molecule has 0 aromatic carbocycles. The van der Waals surface area contributed by atoms with Crippen LogP contribution in [0.25, 0.3) is 0 Å². The van der Waals surface area contributed by atoms with Gasteiger partial charge < -0.3 is 0 Å². The van der Waals surface area contributed by atoms with Crippen molar-refractivity contribution in [1.29, 1.82) is 0 Å². The number of alkyl halides is 2. The van der Waals surface area contributed by atoms with Crippen LogP contribution in [0.3, 0.4) is 0 Å². The molecule has 0 bridgehead atoms. The van der Waals surface area contributed by atoms with E-state index in [-0.39, 0.29) is 43.7 Å². The zero-order valence-corrected chi connectivity index (χ0v) is 8.19. The summed E-state index contributed by atoms with van der Waals surface area (Å²) in [6.07, 6.45) is 0.927. The van der Waals surface area contributed by atoms with Gasteiger partial charge in [-0.1, -0.05) is 0 Å². The Hall–Kier alpha value is 0.360. The molecule has 1 aliphatic rings. The third kappa shape index (κ3) is 4.40. The Morgan fingerprint density at radius 3 is 1.92 bits per heavy atom. The second kappa shape index (κ2) is 5.91. The maximum absolute atomic E-state index is 12.4. The minimum atomic E-state index is -2.44. The quantitative estimate of drug-likeness (QED) is 0.526. The molecule has 76 valence electrons. The molecule has 1 saturated carbocycles. The average Bonchev–Trinajstić information content (AvgIpc) is 1.88. The average molecular weight is 223 g/mol. The molecule has 0 saturated heterocycles. The van der Waals surface area contributed by atoms with Crippen molar-refractivity contribution in [3.05, 3.63) is 0 Å². The number of rotatable bonds is 1. The number of halogens is 4. The van der Waals surface area contributed by atoms with E-state index in [9.17, 15) is 8.78 Å². The van der Waals surface area contributed by atoms with Crippen LogP contribution in [0.2, 0.25) is 0 Å². The molecule has 6 heteroatoms. The van der Waals surface area contributed by atoms with Crippen LogP contribution in [0.4, 0.5) is 8.78 Å². The Morgan fingerprint density at radius 2 is 1.58 bits per heavy atom. The summed E-state index contributed by atoms with van der Waals surface area (Å²) in [6, 6.07) is 0.0969. The summed E-state index contributed by atoms with van der Waals surface area (Å²) in [4.78, 5) is 0. The fraction of sp³-hybridized carbons (Fsp3) is 1.00. The number of nitrogens with one attached hydrogen (secondary N) is 1. The van der Waals surface area contributed by atoms with Crippen LogP contribution in [0, 0.1) is 0 Å². The predicted octanol–water partition coefficient (Wildman–Crippen LogP) is 1.87. The van der Waals surface area contributed by atoms with Gasteiger partial charge in [-0.2, -0.15) is 0 Å². The van der Waals surface area contributed by atoms with Crippen molar-refractivity contribution in [2.45, 2.75) is 37.6 Å². The molecule has 0 aliphatic heterocycles. The monoisotopic (exact) mass is 222 g/mol. The zero-order chi connectivity index (χ0) is 7.61. The van der Waals surface area contributed by atoms with E-state index in [2.05, 4.69) is 5.43 Å². The highest BCUT2D eigenvalue weighted by Crippen LogP contribution is 2.32. The van der Waals surface area contributed by atoms with E-state index >= 15 is 0 Å². The second-order valence-corrected chi connectivity index (χ2v) is 2.80. The van der Waals surface area contributed by atoms with Gasteiger partial charge in [0.05, 0.1) is 0 Å². The highest BCUT2D eigenvalue weighted by molar-refractivity contribution is 5.85. The van der Waals surface area contributed by atoms with E-state index in [1.165, 1.54) is 0 Å². The van der Waals surface area contributed by atoms with Gasteiger partial charge in [0, 0.05) is 18.9 Å². The molecule has 0 spiro atoms. The number of hydrazine groups is 1. The highest BCUT2D eigenvalue weighted by Gasteiger charge is 2.34. The van der Waals surface area contributed by atoms with E-state index < -0.39 is 5.92 Å².